The Bertz CT molecular complexity index is 1140. The van der Waals surface area contributed by atoms with Crippen molar-refractivity contribution in [2.24, 2.45) is 0 Å². The van der Waals surface area contributed by atoms with E-state index in [1.165, 1.54) is 12.4 Å². The second-order valence-corrected chi connectivity index (χ2v) is 7.67. The van der Waals surface area contributed by atoms with Gasteiger partial charge in [0.15, 0.2) is 18.1 Å². The molecule has 11 nitrogen and oxygen atoms in total. The highest BCUT2D eigenvalue weighted by atomic mass is 16.5. The summed E-state index contributed by atoms with van der Waals surface area (Å²) in [5.41, 5.74) is 6.06. The van der Waals surface area contributed by atoms with Gasteiger partial charge in [0.2, 0.25) is 0 Å². The van der Waals surface area contributed by atoms with Crippen LogP contribution in [0.25, 0.3) is 11.2 Å². The van der Waals surface area contributed by atoms with E-state index >= 15 is 0 Å². The maximum Gasteiger partial charge on any atom is 0.341 e. The highest BCUT2D eigenvalue weighted by Crippen LogP contribution is 2.34. The summed E-state index contributed by atoms with van der Waals surface area (Å²) >= 11 is 0. The second kappa shape index (κ2) is 7.84. The Labute approximate surface area is 177 Å². The number of aromatic nitrogens is 4. The third-order valence-electron chi connectivity index (χ3n) is 5.45. The molecule has 2 atom stereocenters. The van der Waals surface area contributed by atoms with Crippen LogP contribution in [0.4, 0.5) is 5.82 Å². The number of benzene rings is 1. The number of rotatable bonds is 5. The lowest BCUT2D eigenvalue weighted by Gasteiger charge is -2.43. The molecular formula is C20H22N6O5. The summed E-state index contributed by atoms with van der Waals surface area (Å²) in [6.07, 6.45) is 3.22. The van der Waals surface area contributed by atoms with Crippen LogP contribution < -0.4 is 10.5 Å². The van der Waals surface area contributed by atoms with Crippen molar-refractivity contribution in [3.05, 3.63) is 42.5 Å². The standard InChI is InChI=1S/C20H22N6O5/c1-20(30)5-6-25(19(29)12-3-2-4-13(7-12)31-9-15(27)28)8-14(20)26-11-24-16-17(21)22-10-23-18(16)26/h2-4,7,10-11,14,30H,5-6,8-9H2,1H3,(H,27,28)(H2,21,22,23)/t14-,20-/m1/s1. The average Bonchev–Trinajstić information content (AvgIpc) is 3.17. The second-order valence-electron chi connectivity index (χ2n) is 7.67. The van der Waals surface area contributed by atoms with Crippen LogP contribution in [0.2, 0.25) is 0 Å². The van der Waals surface area contributed by atoms with Gasteiger partial charge in [-0.05, 0) is 31.5 Å². The maximum atomic E-state index is 13.1. The lowest BCUT2D eigenvalue weighted by molar-refractivity contribution is -0.139. The van der Waals surface area contributed by atoms with Gasteiger partial charge in [0, 0.05) is 18.7 Å². The van der Waals surface area contributed by atoms with E-state index in [4.69, 9.17) is 15.6 Å². The SMILES string of the molecule is C[C@@]1(O)CCN(C(=O)c2cccc(OCC(=O)O)c2)C[C@H]1n1cnc2c(N)ncnc21. The van der Waals surface area contributed by atoms with Gasteiger partial charge in [0.1, 0.15) is 17.6 Å². The number of imidazole rings is 1. The van der Waals surface area contributed by atoms with Gasteiger partial charge in [-0.15, -0.1) is 0 Å². The molecule has 2 aromatic heterocycles. The van der Waals surface area contributed by atoms with E-state index in [1.807, 2.05) is 0 Å². The molecule has 1 amide bonds. The van der Waals surface area contributed by atoms with Crippen LogP contribution in [0.15, 0.2) is 36.9 Å². The highest BCUT2D eigenvalue weighted by molar-refractivity contribution is 5.94. The first-order valence-electron chi connectivity index (χ1n) is 9.65. The Morgan fingerprint density at radius 1 is 1.32 bits per heavy atom. The van der Waals surface area contributed by atoms with E-state index < -0.39 is 24.2 Å². The van der Waals surface area contributed by atoms with Crippen LogP contribution in [-0.2, 0) is 4.79 Å². The normalized spacial score (nSPS) is 21.2. The van der Waals surface area contributed by atoms with Crippen LogP contribution in [0.1, 0.15) is 29.7 Å². The van der Waals surface area contributed by atoms with E-state index in [0.717, 1.165) is 0 Å². The zero-order valence-corrected chi connectivity index (χ0v) is 16.8. The van der Waals surface area contributed by atoms with Crippen LogP contribution in [-0.4, -0.2) is 71.8 Å². The molecule has 0 unspecified atom stereocenters. The monoisotopic (exact) mass is 426 g/mol. The Hall–Kier alpha value is -3.73. The van der Waals surface area contributed by atoms with Crippen LogP contribution in [0.5, 0.6) is 5.75 Å². The number of piperidine rings is 1. The third-order valence-corrected chi connectivity index (χ3v) is 5.45. The summed E-state index contributed by atoms with van der Waals surface area (Å²) in [6, 6.07) is 5.86. The molecule has 1 saturated heterocycles. The molecule has 4 rings (SSSR count). The molecule has 31 heavy (non-hydrogen) atoms. The summed E-state index contributed by atoms with van der Waals surface area (Å²) in [6.45, 7) is 1.80. The number of nitrogens with two attached hydrogens (primary N) is 1. The summed E-state index contributed by atoms with van der Waals surface area (Å²) in [5, 5.41) is 19.8. The molecule has 1 fully saturated rings. The van der Waals surface area contributed by atoms with Crippen LogP contribution in [0.3, 0.4) is 0 Å². The van der Waals surface area contributed by atoms with Crippen molar-refractivity contribution in [1.29, 1.82) is 0 Å². The average molecular weight is 426 g/mol. The third kappa shape index (κ3) is 3.99. The van der Waals surface area contributed by atoms with Crippen molar-refractivity contribution in [3.8, 4) is 5.75 Å². The zero-order valence-electron chi connectivity index (χ0n) is 16.8. The molecule has 1 aromatic carbocycles. The number of carbonyl (C=O) groups is 2. The zero-order chi connectivity index (χ0) is 22.2. The van der Waals surface area contributed by atoms with E-state index in [0.29, 0.717) is 35.4 Å². The Morgan fingerprint density at radius 3 is 2.90 bits per heavy atom. The predicted molar refractivity (Wildman–Crippen MR) is 109 cm³/mol. The topological polar surface area (TPSA) is 157 Å². The number of likely N-dealkylation sites (tertiary alicyclic amines) is 1. The van der Waals surface area contributed by atoms with E-state index in [9.17, 15) is 14.7 Å². The van der Waals surface area contributed by atoms with Gasteiger partial charge >= 0.3 is 5.97 Å². The fraction of sp³-hybridized carbons (Fsp3) is 0.350. The number of nitrogen functional groups attached to an aromatic ring is 1. The number of aliphatic carboxylic acids is 1. The number of amides is 1. The number of hydrogen-bond donors (Lipinski definition) is 3. The summed E-state index contributed by atoms with van der Waals surface area (Å²) in [7, 11) is 0. The van der Waals surface area contributed by atoms with Gasteiger partial charge in [-0.2, -0.15) is 0 Å². The van der Waals surface area contributed by atoms with Gasteiger partial charge in [0.05, 0.1) is 18.0 Å². The lowest BCUT2D eigenvalue weighted by Crippen LogP contribution is -2.52. The molecule has 162 valence electrons. The Kier molecular flexibility index (Phi) is 5.19. The number of carboxylic acids is 1. The molecule has 0 aliphatic carbocycles. The van der Waals surface area contributed by atoms with Crippen molar-refractivity contribution in [2.75, 3.05) is 25.4 Å². The van der Waals surface area contributed by atoms with Crippen molar-refractivity contribution >= 4 is 28.9 Å². The van der Waals surface area contributed by atoms with Gasteiger partial charge in [-0.3, -0.25) is 4.79 Å². The first-order valence-corrected chi connectivity index (χ1v) is 9.65. The molecule has 0 bridgehead atoms. The highest BCUT2D eigenvalue weighted by Gasteiger charge is 2.41. The first kappa shape index (κ1) is 20.5. The van der Waals surface area contributed by atoms with Crippen molar-refractivity contribution in [2.45, 2.75) is 25.0 Å². The van der Waals surface area contributed by atoms with Gasteiger partial charge < -0.3 is 30.2 Å². The Balaban J connectivity index is 1.60. The number of ether oxygens (including phenoxy) is 1. The van der Waals surface area contributed by atoms with Crippen molar-refractivity contribution in [3.63, 3.8) is 0 Å². The number of anilines is 1. The minimum Gasteiger partial charge on any atom is -0.482 e. The van der Waals surface area contributed by atoms with Gasteiger partial charge in [-0.1, -0.05) is 6.07 Å². The van der Waals surface area contributed by atoms with Gasteiger partial charge in [0.25, 0.3) is 5.91 Å². The van der Waals surface area contributed by atoms with Crippen molar-refractivity contribution < 1.29 is 24.5 Å². The van der Waals surface area contributed by atoms with E-state index in [-0.39, 0.29) is 18.3 Å². The smallest absolute Gasteiger partial charge is 0.341 e. The minimum absolute atomic E-state index is 0.224. The molecule has 1 aliphatic rings. The minimum atomic E-state index is -1.10. The molecular weight excluding hydrogens is 404 g/mol. The number of hydrogen-bond acceptors (Lipinski definition) is 8. The van der Waals surface area contributed by atoms with Crippen LogP contribution >= 0.6 is 0 Å². The van der Waals surface area contributed by atoms with Crippen LogP contribution in [0, 0.1) is 0 Å². The fourth-order valence-electron chi connectivity index (χ4n) is 3.74. The number of carbonyl (C=O) groups excluding carboxylic acids is 1. The van der Waals surface area contributed by atoms with Gasteiger partial charge in [-0.25, -0.2) is 19.7 Å². The van der Waals surface area contributed by atoms with E-state index in [2.05, 4.69) is 15.0 Å². The molecule has 11 heteroatoms. The lowest BCUT2D eigenvalue weighted by atomic mass is 9.87. The molecule has 1 aliphatic heterocycles. The molecule has 3 aromatic rings. The first-order chi connectivity index (χ1) is 14.8. The largest absolute Gasteiger partial charge is 0.482 e. The summed E-state index contributed by atoms with van der Waals surface area (Å²) in [5.74, 6) is -0.818. The Morgan fingerprint density at radius 2 is 2.13 bits per heavy atom. The summed E-state index contributed by atoms with van der Waals surface area (Å²) in [4.78, 5) is 37.9. The molecule has 3 heterocycles. The fourth-order valence-corrected chi connectivity index (χ4v) is 3.74. The number of fused-ring (bicyclic) bond motifs is 1. The maximum absolute atomic E-state index is 13.1. The van der Waals surface area contributed by atoms with E-state index in [1.54, 1.807) is 40.9 Å². The quantitative estimate of drug-likeness (QED) is 0.534. The number of aliphatic hydroxyl groups is 1. The summed E-state index contributed by atoms with van der Waals surface area (Å²) < 4.78 is 6.89. The molecule has 0 saturated carbocycles. The van der Waals surface area contributed by atoms with Crippen molar-refractivity contribution in [1.82, 2.24) is 24.4 Å². The number of nitrogens with zero attached hydrogens (tertiary/aromatic N) is 5. The molecule has 0 radical (unpaired) electrons. The predicted octanol–water partition coefficient (Wildman–Crippen LogP) is 0.710. The molecule has 4 N–H and O–H groups in total. The number of carboxylic acid groups (broad SMARTS) is 1. The molecule has 0 spiro atoms.